The summed E-state index contributed by atoms with van der Waals surface area (Å²) in [5, 5.41) is 0. The van der Waals surface area contributed by atoms with Crippen LogP contribution in [0.15, 0.2) is 36.1 Å². The number of benzene rings is 2. The number of rotatable bonds is 7. The third kappa shape index (κ3) is 4.05. The number of fused-ring (bicyclic) bond motifs is 3. The van der Waals surface area contributed by atoms with Crippen LogP contribution in [0.2, 0.25) is 0 Å². The normalized spacial score (nSPS) is 20.1. The molecule has 1 heterocycles. The molecule has 2 aliphatic rings. The van der Waals surface area contributed by atoms with Gasteiger partial charge in [-0.3, -0.25) is 0 Å². The number of hydrogen-bond acceptors (Lipinski definition) is 2. The molecule has 0 saturated carbocycles. The van der Waals surface area contributed by atoms with Gasteiger partial charge in [-0.1, -0.05) is 32.4 Å². The lowest BCUT2D eigenvalue weighted by Gasteiger charge is -2.35. The van der Waals surface area contributed by atoms with Crippen molar-refractivity contribution in [3.63, 3.8) is 0 Å². The van der Waals surface area contributed by atoms with Crippen molar-refractivity contribution in [2.75, 3.05) is 13.2 Å². The molecule has 0 fully saturated rings. The van der Waals surface area contributed by atoms with Gasteiger partial charge < -0.3 is 9.47 Å². The summed E-state index contributed by atoms with van der Waals surface area (Å²) in [6, 6.07) is 4.65. The lowest BCUT2D eigenvalue weighted by Crippen LogP contribution is -2.41. The Balaban J connectivity index is 1.74. The zero-order valence-corrected chi connectivity index (χ0v) is 19.0. The summed E-state index contributed by atoms with van der Waals surface area (Å²) in [6.45, 7) is 4.44. The summed E-state index contributed by atoms with van der Waals surface area (Å²) < 4.78 is 101. The van der Waals surface area contributed by atoms with Crippen molar-refractivity contribution in [1.29, 1.82) is 0 Å². The highest BCUT2D eigenvalue weighted by Crippen LogP contribution is 2.60. The van der Waals surface area contributed by atoms with Crippen molar-refractivity contribution in [3.05, 3.63) is 64.4 Å². The van der Waals surface area contributed by atoms with Gasteiger partial charge in [0, 0.05) is 6.42 Å². The Bertz CT molecular complexity index is 1110. The van der Waals surface area contributed by atoms with E-state index in [2.05, 4.69) is 0 Å². The molecule has 0 radical (unpaired) electrons. The second kappa shape index (κ2) is 9.19. The van der Waals surface area contributed by atoms with Crippen LogP contribution in [0.5, 0.6) is 5.75 Å². The number of ether oxygens (including phenoxy) is 2. The molecule has 0 spiro atoms. The number of halogens is 6. The maximum absolute atomic E-state index is 15.3. The Labute approximate surface area is 194 Å². The summed E-state index contributed by atoms with van der Waals surface area (Å²) in [5.41, 5.74) is -3.92. The fourth-order valence-corrected chi connectivity index (χ4v) is 4.32. The minimum absolute atomic E-state index is 0.00635. The lowest BCUT2D eigenvalue weighted by atomic mass is 9.78. The highest BCUT2D eigenvalue weighted by molar-refractivity contribution is 5.77. The van der Waals surface area contributed by atoms with E-state index >= 15 is 22.0 Å². The van der Waals surface area contributed by atoms with Gasteiger partial charge in [-0.2, -0.15) is 17.6 Å². The molecule has 4 rings (SSSR count). The maximum Gasteiger partial charge on any atom is 0.343 e. The predicted molar refractivity (Wildman–Crippen MR) is 116 cm³/mol. The van der Waals surface area contributed by atoms with Gasteiger partial charge in [-0.05, 0) is 60.1 Å². The minimum Gasteiger partial charge on any atom is -0.498 e. The first-order valence-corrected chi connectivity index (χ1v) is 11.4. The van der Waals surface area contributed by atoms with E-state index in [0.717, 1.165) is 31.0 Å². The number of alkyl halides is 4. The quantitative estimate of drug-likeness (QED) is 0.294. The van der Waals surface area contributed by atoms with Crippen LogP contribution < -0.4 is 4.74 Å². The van der Waals surface area contributed by atoms with E-state index in [1.165, 1.54) is 6.07 Å². The van der Waals surface area contributed by atoms with E-state index in [-0.39, 0.29) is 25.0 Å². The molecule has 2 aromatic carbocycles. The van der Waals surface area contributed by atoms with E-state index in [1.54, 1.807) is 0 Å². The molecule has 1 aliphatic heterocycles. The second-order valence-electron chi connectivity index (χ2n) is 8.93. The summed E-state index contributed by atoms with van der Waals surface area (Å²) >= 11 is 0. The third-order valence-electron chi connectivity index (χ3n) is 6.34. The van der Waals surface area contributed by atoms with Gasteiger partial charge in [0.2, 0.25) is 0 Å². The molecule has 184 valence electrons. The molecule has 0 amide bonds. The molecule has 34 heavy (non-hydrogen) atoms. The zero-order chi connectivity index (χ0) is 24.7. The van der Waals surface area contributed by atoms with Crippen LogP contribution in [0, 0.1) is 17.6 Å². The maximum atomic E-state index is 15.3. The smallest absolute Gasteiger partial charge is 0.343 e. The molecular weight excluding hydrogens is 458 g/mol. The van der Waals surface area contributed by atoms with Gasteiger partial charge in [-0.25, -0.2) is 8.78 Å². The van der Waals surface area contributed by atoms with Crippen molar-refractivity contribution in [1.82, 2.24) is 0 Å². The molecule has 0 N–H and O–H groups in total. The Hall–Kier alpha value is -2.64. The number of aryl methyl sites for hydroxylation is 1. The van der Waals surface area contributed by atoms with Crippen LogP contribution in [-0.2, 0) is 23.0 Å². The Morgan fingerprint density at radius 2 is 1.59 bits per heavy atom. The molecule has 1 unspecified atom stereocenters. The molecular formula is C26H26F6O2. The van der Waals surface area contributed by atoms with Gasteiger partial charge in [-0.15, -0.1) is 0 Å². The topological polar surface area (TPSA) is 18.5 Å². The standard InChI is InChI=1S/C26H26F6O2/c1-3-4-13-33-20-12-11-19-18-10-7-16(6-9-17-8-5-15(2)14-34-17)23(27)21(18)25(29,30)26(31,32)22(19)24(20)28/h7-8,10-12,15H,3-6,9,13-14H2,1-2H3. The van der Waals surface area contributed by atoms with Gasteiger partial charge in [0.1, 0.15) is 5.82 Å². The average molecular weight is 484 g/mol. The summed E-state index contributed by atoms with van der Waals surface area (Å²) in [7, 11) is 0. The molecule has 8 heteroatoms. The van der Waals surface area contributed by atoms with E-state index in [1.807, 2.05) is 19.9 Å². The van der Waals surface area contributed by atoms with Crippen molar-refractivity contribution in [2.45, 2.75) is 57.8 Å². The first-order valence-electron chi connectivity index (χ1n) is 11.4. The molecule has 2 aromatic rings. The van der Waals surface area contributed by atoms with Gasteiger partial charge in [0.15, 0.2) is 11.6 Å². The van der Waals surface area contributed by atoms with Crippen molar-refractivity contribution < 1.29 is 35.8 Å². The first kappa shape index (κ1) is 24.5. The Kier molecular flexibility index (Phi) is 6.62. The van der Waals surface area contributed by atoms with Crippen LogP contribution in [0.3, 0.4) is 0 Å². The molecule has 0 aromatic heterocycles. The van der Waals surface area contributed by atoms with Crippen LogP contribution >= 0.6 is 0 Å². The molecule has 0 saturated heterocycles. The SMILES string of the molecule is CCCCOc1ccc2c(c1F)C(F)(F)C(F)(F)c1c-2ccc(CCC2=CCC(C)CO2)c1F. The molecule has 2 nitrogen and oxygen atoms in total. The first-order chi connectivity index (χ1) is 16.1. The number of hydrogen-bond donors (Lipinski definition) is 0. The van der Waals surface area contributed by atoms with Crippen LogP contribution in [0.4, 0.5) is 26.3 Å². The predicted octanol–water partition coefficient (Wildman–Crippen LogP) is 7.88. The van der Waals surface area contributed by atoms with Crippen LogP contribution in [-0.4, -0.2) is 13.2 Å². The van der Waals surface area contributed by atoms with Crippen molar-refractivity contribution in [2.24, 2.45) is 5.92 Å². The van der Waals surface area contributed by atoms with E-state index in [4.69, 9.17) is 9.47 Å². The van der Waals surface area contributed by atoms with Gasteiger partial charge >= 0.3 is 11.8 Å². The molecule has 0 bridgehead atoms. The van der Waals surface area contributed by atoms with Crippen LogP contribution in [0.1, 0.15) is 56.2 Å². The summed E-state index contributed by atoms with van der Waals surface area (Å²) in [4.78, 5) is 0. The molecule has 1 aliphatic carbocycles. The fourth-order valence-electron chi connectivity index (χ4n) is 4.32. The third-order valence-corrected chi connectivity index (χ3v) is 6.34. The fraction of sp³-hybridized carbons (Fsp3) is 0.462. The minimum atomic E-state index is -4.96. The Morgan fingerprint density at radius 1 is 0.941 bits per heavy atom. The number of unbranched alkanes of at least 4 members (excludes halogenated alkanes) is 1. The monoisotopic (exact) mass is 484 g/mol. The lowest BCUT2D eigenvalue weighted by molar-refractivity contribution is -0.228. The van der Waals surface area contributed by atoms with Gasteiger partial charge in [0.25, 0.3) is 0 Å². The highest BCUT2D eigenvalue weighted by atomic mass is 19.3. The van der Waals surface area contributed by atoms with Crippen molar-refractivity contribution >= 4 is 0 Å². The Morgan fingerprint density at radius 3 is 2.21 bits per heavy atom. The van der Waals surface area contributed by atoms with E-state index in [0.29, 0.717) is 24.7 Å². The highest BCUT2D eigenvalue weighted by Gasteiger charge is 2.65. The van der Waals surface area contributed by atoms with E-state index < -0.39 is 51.5 Å². The summed E-state index contributed by atoms with van der Waals surface area (Å²) in [6.07, 6.45) is 4.19. The molecule has 1 atom stereocenters. The second-order valence-corrected chi connectivity index (χ2v) is 8.93. The van der Waals surface area contributed by atoms with Crippen LogP contribution in [0.25, 0.3) is 11.1 Å². The average Bonchev–Trinajstić information content (AvgIpc) is 2.79. The zero-order valence-electron chi connectivity index (χ0n) is 19.0. The van der Waals surface area contributed by atoms with E-state index in [9.17, 15) is 4.39 Å². The van der Waals surface area contributed by atoms with Crippen molar-refractivity contribution in [3.8, 4) is 16.9 Å². The van der Waals surface area contributed by atoms with Gasteiger partial charge in [0.05, 0.1) is 30.1 Å². The number of allylic oxidation sites excluding steroid dienone is 2. The largest absolute Gasteiger partial charge is 0.498 e. The summed E-state index contributed by atoms with van der Waals surface area (Å²) in [5.74, 6) is -12.4.